The average Bonchev–Trinajstić information content (AvgIpc) is 2.48. The molecule has 2 heterocycles. The van der Waals surface area contributed by atoms with Gasteiger partial charge >= 0.3 is 0 Å². The van der Waals surface area contributed by atoms with Crippen molar-refractivity contribution in [3.63, 3.8) is 0 Å². The fourth-order valence-electron chi connectivity index (χ4n) is 2.60. The van der Waals surface area contributed by atoms with Crippen molar-refractivity contribution in [2.45, 2.75) is 45.6 Å². The topological polar surface area (TPSA) is 50.3 Å². The first-order chi connectivity index (χ1) is 9.76. The molecule has 5 nitrogen and oxygen atoms in total. The minimum atomic E-state index is 0.414. The Hall–Kier alpha value is -1.36. The highest BCUT2D eigenvalue weighted by Crippen LogP contribution is 2.22. The van der Waals surface area contributed by atoms with E-state index < -0.39 is 0 Å². The summed E-state index contributed by atoms with van der Waals surface area (Å²) in [5.74, 6) is 2.88. The number of piperidine rings is 1. The lowest BCUT2D eigenvalue weighted by Crippen LogP contribution is -2.37. The van der Waals surface area contributed by atoms with Gasteiger partial charge in [-0.05, 0) is 26.2 Å². The average molecular weight is 278 g/mol. The highest BCUT2D eigenvalue weighted by Gasteiger charge is 2.21. The zero-order valence-electron chi connectivity index (χ0n) is 12.9. The van der Waals surface area contributed by atoms with Gasteiger partial charge in [0, 0.05) is 39.2 Å². The molecule has 0 bridgehead atoms. The van der Waals surface area contributed by atoms with Gasteiger partial charge in [-0.25, -0.2) is 9.97 Å². The predicted molar refractivity (Wildman–Crippen MR) is 82.4 cm³/mol. The molecule has 0 aromatic carbocycles. The molecular weight excluding hydrogens is 252 g/mol. The zero-order valence-corrected chi connectivity index (χ0v) is 12.9. The molecule has 1 saturated heterocycles. The minimum Gasteiger partial charge on any atom is -0.378 e. The number of aryl methyl sites for hydroxylation is 1. The van der Waals surface area contributed by atoms with Gasteiger partial charge in [0.25, 0.3) is 0 Å². The van der Waals surface area contributed by atoms with E-state index in [1.807, 2.05) is 13.1 Å². The molecule has 1 aliphatic heterocycles. The maximum Gasteiger partial charge on any atom is 0.134 e. The van der Waals surface area contributed by atoms with E-state index in [0.717, 1.165) is 62.8 Å². The van der Waals surface area contributed by atoms with Crippen molar-refractivity contribution in [1.82, 2.24) is 9.97 Å². The summed E-state index contributed by atoms with van der Waals surface area (Å²) in [6.45, 7) is 7.05. The first-order valence-corrected chi connectivity index (χ1v) is 7.69. The van der Waals surface area contributed by atoms with Crippen LogP contribution in [0.5, 0.6) is 0 Å². The molecule has 1 fully saturated rings. The molecule has 2 rings (SSSR count). The molecule has 1 aliphatic rings. The third-order valence-electron chi connectivity index (χ3n) is 3.66. The summed E-state index contributed by atoms with van der Waals surface area (Å²) >= 11 is 0. The van der Waals surface area contributed by atoms with Crippen LogP contribution in [0, 0.1) is 0 Å². The predicted octanol–water partition coefficient (Wildman–Crippen LogP) is 2.48. The molecule has 0 atom stereocenters. The monoisotopic (exact) mass is 278 g/mol. The van der Waals surface area contributed by atoms with E-state index in [1.54, 1.807) is 0 Å². The van der Waals surface area contributed by atoms with Gasteiger partial charge in [0.1, 0.15) is 17.5 Å². The second kappa shape index (κ2) is 7.43. The van der Waals surface area contributed by atoms with Gasteiger partial charge in [0.15, 0.2) is 0 Å². The van der Waals surface area contributed by atoms with Crippen molar-refractivity contribution in [1.29, 1.82) is 0 Å². The Bertz CT molecular complexity index is 416. The van der Waals surface area contributed by atoms with Crippen LogP contribution in [-0.4, -0.2) is 42.8 Å². The molecule has 20 heavy (non-hydrogen) atoms. The van der Waals surface area contributed by atoms with Crippen LogP contribution in [0.2, 0.25) is 0 Å². The van der Waals surface area contributed by atoms with Crippen molar-refractivity contribution < 1.29 is 4.74 Å². The van der Waals surface area contributed by atoms with Gasteiger partial charge in [0.05, 0.1) is 6.10 Å². The standard InChI is InChI=1S/C15H26N4O/c1-4-6-13-17-14(16-3)11-15(18-13)19-9-7-12(8-10-19)20-5-2/h11-12H,4-10H2,1-3H3,(H,16,17,18). The number of rotatable bonds is 6. The number of hydrogen-bond donors (Lipinski definition) is 1. The van der Waals surface area contributed by atoms with Gasteiger partial charge in [-0.3, -0.25) is 0 Å². The molecule has 1 aromatic heterocycles. The van der Waals surface area contributed by atoms with E-state index in [9.17, 15) is 0 Å². The Morgan fingerprint density at radius 1 is 1.30 bits per heavy atom. The molecule has 5 heteroatoms. The Balaban J connectivity index is 2.06. The van der Waals surface area contributed by atoms with Gasteiger partial charge in [0.2, 0.25) is 0 Å². The van der Waals surface area contributed by atoms with E-state index in [2.05, 4.69) is 29.0 Å². The molecule has 112 valence electrons. The maximum atomic E-state index is 5.70. The van der Waals surface area contributed by atoms with Crippen LogP contribution in [0.1, 0.15) is 38.9 Å². The molecule has 0 radical (unpaired) electrons. The third kappa shape index (κ3) is 3.82. The number of nitrogens with one attached hydrogen (secondary N) is 1. The van der Waals surface area contributed by atoms with Crippen molar-refractivity contribution in [3.05, 3.63) is 11.9 Å². The molecule has 1 aromatic rings. The number of nitrogens with zero attached hydrogens (tertiary/aromatic N) is 3. The second-order valence-electron chi connectivity index (χ2n) is 5.17. The molecule has 1 N–H and O–H groups in total. The van der Waals surface area contributed by atoms with Crippen LogP contribution in [0.15, 0.2) is 6.07 Å². The largest absolute Gasteiger partial charge is 0.378 e. The van der Waals surface area contributed by atoms with Crippen LogP contribution >= 0.6 is 0 Å². The molecule has 0 aliphatic carbocycles. The van der Waals surface area contributed by atoms with Crippen molar-refractivity contribution in [2.24, 2.45) is 0 Å². The van der Waals surface area contributed by atoms with Gasteiger partial charge in [-0.1, -0.05) is 6.92 Å². The first kappa shape index (κ1) is 15.0. The van der Waals surface area contributed by atoms with Crippen molar-refractivity contribution >= 4 is 11.6 Å². The second-order valence-corrected chi connectivity index (χ2v) is 5.17. The lowest BCUT2D eigenvalue weighted by Gasteiger charge is -2.32. The minimum absolute atomic E-state index is 0.414. The molecule has 0 amide bonds. The Morgan fingerprint density at radius 3 is 2.65 bits per heavy atom. The Labute approximate surface area is 121 Å². The van der Waals surface area contributed by atoms with Crippen molar-refractivity contribution in [3.8, 4) is 0 Å². The summed E-state index contributed by atoms with van der Waals surface area (Å²) in [4.78, 5) is 11.6. The lowest BCUT2D eigenvalue weighted by molar-refractivity contribution is 0.0458. The molecule has 0 saturated carbocycles. The quantitative estimate of drug-likeness (QED) is 0.866. The summed E-state index contributed by atoms with van der Waals surface area (Å²) in [7, 11) is 1.91. The SMILES string of the molecule is CCCc1nc(NC)cc(N2CCC(OCC)CC2)n1. The summed E-state index contributed by atoms with van der Waals surface area (Å²) in [6.07, 6.45) is 4.57. The van der Waals surface area contributed by atoms with E-state index >= 15 is 0 Å². The molecule has 0 unspecified atom stereocenters. The number of aromatic nitrogens is 2. The van der Waals surface area contributed by atoms with E-state index in [-0.39, 0.29) is 0 Å². The fourth-order valence-corrected chi connectivity index (χ4v) is 2.60. The van der Waals surface area contributed by atoms with Gasteiger partial charge in [-0.2, -0.15) is 0 Å². The molecular formula is C15H26N4O. The number of hydrogen-bond acceptors (Lipinski definition) is 5. The van der Waals surface area contributed by atoms with Gasteiger partial charge < -0.3 is 15.0 Å². The highest BCUT2D eigenvalue weighted by molar-refractivity contribution is 5.49. The summed E-state index contributed by atoms with van der Waals surface area (Å²) in [5, 5.41) is 3.13. The normalized spacial score (nSPS) is 16.4. The van der Waals surface area contributed by atoms with Crippen LogP contribution in [-0.2, 0) is 11.2 Å². The highest BCUT2D eigenvalue weighted by atomic mass is 16.5. The maximum absolute atomic E-state index is 5.70. The summed E-state index contributed by atoms with van der Waals surface area (Å²) in [6, 6.07) is 2.04. The van der Waals surface area contributed by atoms with E-state index in [4.69, 9.17) is 9.72 Å². The van der Waals surface area contributed by atoms with E-state index in [0.29, 0.717) is 6.10 Å². The Morgan fingerprint density at radius 2 is 2.05 bits per heavy atom. The van der Waals surface area contributed by atoms with Crippen molar-refractivity contribution in [2.75, 3.05) is 37.0 Å². The smallest absolute Gasteiger partial charge is 0.134 e. The van der Waals surface area contributed by atoms with Crippen LogP contribution in [0.4, 0.5) is 11.6 Å². The summed E-state index contributed by atoms with van der Waals surface area (Å²) in [5.41, 5.74) is 0. The first-order valence-electron chi connectivity index (χ1n) is 7.69. The number of anilines is 2. The van der Waals surface area contributed by atoms with Gasteiger partial charge in [-0.15, -0.1) is 0 Å². The third-order valence-corrected chi connectivity index (χ3v) is 3.66. The van der Waals surface area contributed by atoms with Crippen LogP contribution < -0.4 is 10.2 Å². The van der Waals surface area contributed by atoms with Crippen LogP contribution in [0.3, 0.4) is 0 Å². The zero-order chi connectivity index (χ0) is 14.4. The lowest BCUT2D eigenvalue weighted by atomic mass is 10.1. The Kier molecular flexibility index (Phi) is 5.59. The fraction of sp³-hybridized carbons (Fsp3) is 0.733. The number of ether oxygens (including phenoxy) is 1. The van der Waals surface area contributed by atoms with E-state index in [1.165, 1.54) is 0 Å². The van der Waals surface area contributed by atoms with Crippen LogP contribution in [0.25, 0.3) is 0 Å². The molecule has 0 spiro atoms. The summed E-state index contributed by atoms with van der Waals surface area (Å²) < 4.78 is 5.70.